The lowest BCUT2D eigenvalue weighted by Gasteiger charge is -2.02. The van der Waals surface area contributed by atoms with Crippen molar-refractivity contribution >= 4 is 28.0 Å². The number of nitro groups is 2. The van der Waals surface area contributed by atoms with Crippen molar-refractivity contribution in [3.63, 3.8) is 0 Å². The van der Waals surface area contributed by atoms with Crippen molar-refractivity contribution in [1.82, 2.24) is 10.2 Å². The third-order valence-corrected chi connectivity index (χ3v) is 3.58. The summed E-state index contributed by atoms with van der Waals surface area (Å²) in [6.45, 7) is 5.38. The van der Waals surface area contributed by atoms with Gasteiger partial charge in [-0.05, 0) is 43.5 Å². The number of hydrogen-bond donors (Lipinski definition) is 2. The predicted molar refractivity (Wildman–Crippen MR) is 94.5 cm³/mol. The summed E-state index contributed by atoms with van der Waals surface area (Å²) in [6.07, 6.45) is 1.58. The average Bonchev–Trinajstić information content (AvgIpc) is 2.98. The number of benzene rings is 2. The number of aryl methyl sites for hydroxylation is 3. The van der Waals surface area contributed by atoms with Gasteiger partial charge < -0.3 is 5.73 Å². The number of rotatable bonds is 2. The van der Waals surface area contributed by atoms with E-state index in [2.05, 4.69) is 10.2 Å². The molecule has 3 N–H and O–H groups in total. The molecule has 1 aromatic heterocycles. The van der Waals surface area contributed by atoms with Crippen LogP contribution in [-0.2, 0) is 0 Å². The Balaban J connectivity index is 0.000000181. The van der Waals surface area contributed by atoms with Crippen LogP contribution in [0.3, 0.4) is 0 Å². The van der Waals surface area contributed by atoms with Crippen molar-refractivity contribution in [2.24, 2.45) is 0 Å². The zero-order chi connectivity index (χ0) is 18.7. The summed E-state index contributed by atoms with van der Waals surface area (Å²) in [5, 5.41) is 28.2. The zero-order valence-corrected chi connectivity index (χ0v) is 13.9. The molecule has 1 heterocycles. The number of nitrogen functional groups attached to an aromatic ring is 1. The van der Waals surface area contributed by atoms with Crippen LogP contribution in [0.4, 0.5) is 17.1 Å². The largest absolute Gasteiger partial charge is 0.393 e. The summed E-state index contributed by atoms with van der Waals surface area (Å²) in [7, 11) is 0. The number of nitro benzene ring substituents is 2. The Morgan fingerprint density at radius 3 is 2.12 bits per heavy atom. The first-order valence-electron chi connectivity index (χ1n) is 7.30. The standard InChI is InChI=1S/C8H7N3O2.C8H10N2O2/c1-5-2-6-4-9-10-8(6)7(3-5)11(12)13;1-5-3-6(2)8(9)7(4-5)10(11)12/h2-4H,1H3,(H,9,10);3-4H,9H2,1-2H3. The summed E-state index contributed by atoms with van der Waals surface area (Å²) >= 11 is 0. The maximum atomic E-state index is 10.6. The number of aromatic nitrogens is 2. The molecule has 0 spiro atoms. The minimum atomic E-state index is -0.463. The van der Waals surface area contributed by atoms with Crippen LogP contribution >= 0.6 is 0 Å². The third kappa shape index (κ3) is 3.89. The van der Waals surface area contributed by atoms with Crippen molar-refractivity contribution in [2.45, 2.75) is 20.8 Å². The second kappa shape index (κ2) is 6.95. The molecular formula is C16H17N5O4. The number of nitrogens with zero attached hydrogens (tertiary/aromatic N) is 3. The van der Waals surface area contributed by atoms with Gasteiger partial charge in [0.2, 0.25) is 0 Å². The highest BCUT2D eigenvalue weighted by Crippen LogP contribution is 2.26. The van der Waals surface area contributed by atoms with Gasteiger partial charge >= 0.3 is 0 Å². The molecule has 0 aliphatic carbocycles. The van der Waals surface area contributed by atoms with E-state index in [1.54, 1.807) is 20.0 Å². The molecule has 0 radical (unpaired) electrons. The molecule has 25 heavy (non-hydrogen) atoms. The number of hydrogen-bond acceptors (Lipinski definition) is 6. The van der Waals surface area contributed by atoms with E-state index in [9.17, 15) is 20.2 Å². The van der Waals surface area contributed by atoms with Crippen molar-refractivity contribution in [1.29, 1.82) is 0 Å². The molecule has 0 aliphatic rings. The van der Waals surface area contributed by atoms with Crippen LogP contribution < -0.4 is 5.73 Å². The van der Waals surface area contributed by atoms with Crippen LogP contribution in [0.15, 0.2) is 30.5 Å². The first-order chi connectivity index (χ1) is 11.7. The molecule has 0 fully saturated rings. The van der Waals surface area contributed by atoms with Crippen LogP contribution in [0.5, 0.6) is 0 Å². The van der Waals surface area contributed by atoms with E-state index in [-0.39, 0.29) is 17.1 Å². The van der Waals surface area contributed by atoms with Gasteiger partial charge in [-0.3, -0.25) is 25.3 Å². The minimum absolute atomic E-state index is 0.00694. The molecule has 0 amide bonds. The van der Waals surface area contributed by atoms with E-state index >= 15 is 0 Å². The van der Waals surface area contributed by atoms with Gasteiger partial charge in [0.05, 0.1) is 16.0 Å². The Morgan fingerprint density at radius 2 is 1.52 bits per heavy atom. The molecule has 0 atom stereocenters. The predicted octanol–water partition coefficient (Wildman–Crippen LogP) is 3.57. The van der Waals surface area contributed by atoms with Crippen molar-refractivity contribution in [2.75, 3.05) is 5.73 Å². The Hall–Kier alpha value is -3.49. The number of fused-ring (bicyclic) bond motifs is 1. The van der Waals surface area contributed by atoms with Gasteiger partial charge in [-0.2, -0.15) is 5.10 Å². The van der Waals surface area contributed by atoms with Crippen LogP contribution in [-0.4, -0.2) is 20.0 Å². The lowest BCUT2D eigenvalue weighted by Crippen LogP contribution is -1.98. The van der Waals surface area contributed by atoms with E-state index in [0.717, 1.165) is 22.1 Å². The Morgan fingerprint density at radius 1 is 0.960 bits per heavy atom. The summed E-state index contributed by atoms with van der Waals surface area (Å²) in [4.78, 5) is 20.2. The molecule has 9 nitrogen and oxygen atoms in total. The first-order valence-corrected chi connectivity index (χ1v) is 7.30. The highest BCUT2D eigenvalue weighted by Gasteiger charge is 2.14. The number of H-pyrrole nitrogens is 1. The van der Waals surface area contributed by atoms with Gasteiger partial charge in [0, 0.05) is 17.5 Å². The van der Waals surface area contributed by atoms with E-state index < -0.39 is 9.85 Å². The minimum Gasteiger partial charge on any atom is -0.393 e. The van der Waals surface area contributed by atoms with Gasteiger partial charge in [-0.25, -0.2) is 0 Å². The SMILES string of the molecule is Cc1cc(C)c(N)c([N+](=O)[O-])c1.Cc1cc([N+](=O)[O-])c2[nH]ncc2c1. The lowest BCUT2D eigenvalue weighted by molar-refractivity contribution is -0.384. The highest BCUT2D eigenvalue weighted by molar-refractivity contribution is 5.87. The van der Waals surface area contributed by atoms with Gasteiger partial charge in [-0.1, -0.05) is 6.07 Å². The van der Waals surface area contributed by atoms with Crippen LogP contribution in [0.25, 0.3) is 10.9 Å². The molecule has 3 aromatic rings. The highest BCUT2D eigenvalue weighted by atomic mass is 16.6. The monoisotopic (exact) mass is 343 g/mol. The summed E-state index contributed by atoms with van der Waals surface area (Å²) in [5.74, 6) is 0. The van der Waals surface area contributed by atoms with E-state index in [1.807, 2.05) is 19.1 Å². The fraction of sp³-hybridized carbons (Fsp3) is 0.188. The maximum absolute atomic E-state index is 10.6. The molecule has 2 aromatic carbocycles. The van der Waals surface area contributed by atoms with Gasteiger partial charge in [0.15, 0.2) is 0 Å². The topological polar surface area (TPSA) is 141 Å². The van der Waals surface area contributed by atoms with Gasteiger partial charge in [0.25, 0.3) is 11.4 Å². The number of anilines is 1. The number of nitrogens with one attached hydrogen (secondary N) is 1. The second-order valence-corrected chi connectivity index (χ2v) is 5.65. The van der Waals surface area contributed by atoms with E-state index in [4.69, 9.17) is 5.73 Å². The van der Waals surface area contributed by atoms with Gasteiger partial charge in [-0.15, -0.1) is 0 Å². The molecule has 0 bridgehead atoms. The van der Waals surface area contributed by atoms with Gasteiger partial charge in [0.1, 0.15) is 11.2 Å². The molecule has 9 heteroatoms. The third-order valence-electron chi connectivity index (χ3n) is 3.58. The molecule has 0 aliphatic heterocycles. The van der Waals surface area contributed by atoms with Crippen LogP contribution in [0.1, 0.15) is 16.7 Å². The fourth-order valence-corrected chi connectivity index (χ4v) is 2.44. The van der Waals surface area contributed by atoms with E-state index in [1.165, 1.54) is 12.1 Å². The Kier molecular flexibility index (Phi) is 4.97. The zero-order valence-electron chi connectivity index (χ0n) is 13.9. The molecule has 0 unspecified atom stereocenters. The molecule has 0 saturated carbocycles. The molecule has 0 saturated heterocycles. The maximum Gasteiger partial charge on any atom is 0.295 e. The van der Waals surface area contributed by atoms with Crippen molar-refractivity contribution < 1.29 is 9.85 Å². The summed E-state index contributed by atoms with van der Waals surface area (Å²) in [6, 6.07) is 6.68. The van der Waals surface area contributed by atoms with Crippen molar-refractivity contribution in [3.8, 4) is 0 Å². The Bertz CT molecular complexity index is 965. The Labute approximate surface area is 142 Å². The van der Waals surface area contributed by atoms with Crippen LogP contribution in [0.2, 0.25) is 0 Å². The molecule has 3 rings (SSSR count). The quantitative estimate of drug-likeness (QED) is 0.414. The second-order valence-electron chi connectivity index (χ2n) is 5.65. The number of aromatic amines is 1. The van der Waals surface area contributed by atoms with Crippen LogP contribution in [0, 0.1) is 41.0 Å². The summed E-state index contributed by atoms with van der Waals surface area (Å²) < 4.78 is 0. The smallest absolute Gasteiger partial charge is 0.295 e. The molecule has 130 valence electrons. The summed E-state index contributed by atoms with van der Waals surface area (Å²) in [5.41, 5.74) is 8.79. The van der Waals surface area contributed by atoms with E-state index in [0.29, 0.717) is 5.52 Å². The lowest BCUT2D eigenvalue weighted by atomic mass is 10.1. The fourth-order valence-electron chi connectivity index (χ4n) is 2.44. The number of nitrogens with two attached hydrogens (primary N) is 1. The van der Waals surface area contributed by atoms with Crippen molar-refractivity contribution in [3.05, 3.63) is 67.4 Å². The molecular weight excluding hydrogens is 326 g/mol. The number of non-ortho nitro benzene ring substituents is 1. The average molecular weight is 343 g/mol. The first kappa shape index (κ1) is 17.9. The normalized spacial score (nSPS) is 10.2.